The highest BCUT2D eigenvalue weighted by molar-refractivity contribution is 5.85. The molecule has 4 nitrogen and oxygen atoms in total. The first-order chi connectivity index (χ1) is 7.42. The molecule has 0 saturated carbocycles. The zero-order valence-electron chi connectivity index (χ0n) is 10.8. The topological polar surface area (TPSA) is 57.2 Å². The van der Waals surface area contributed by atoms with Crippen LogP contribution in [0.25, 0.3) is 0 Å². The number of β-amino-alcohol motifs (C(OH)–C–C–N with tert-alkyl or cyclic N) is 1. The van der Waals surface area contributed by atoms with E-state index in [4.69, 9.17) is 0 Å². The monoisotopic (exact) mass is 259 g/mol. The molecule has 0 aliphatic heterocycles. The van der Waals surface area contributed by atoms with Crippen molar-refractivity contribution < 1.29 is 5.11 Å². The predicted molar refractivity (Wildman–Crippen MR) is 73.7 cm³/mol. The first-order valence-corrected chi connectivity index (χ1v) is 5.49. The fourth-order valence-electron chi connectivity index (χ4n) is 1.27. The van der Waals surface area contributed by atoms with E-state index in [1.54, 1.807) is 6.20 Å². The summed E-state index contributed by atoms with van der Waals surface area (Å²) in [5.74, 6) is 0.805. The van der Waals surface area contributed by atoms with Gasteiger partial charge in [-0.2, -0.15) is 0 Å². The maximum atomic E-state index is 9.92. The van der Waals surface area contributed by atoms with Crippen molar-refractivity contribution in [3.05, 3.63) is 23.9 Å². The van der Waals surface area contributed by atoms with E-state index < -0.39 is 6.10 Å². The SMILES string of the molecule is CNc1ccc(C(O)CNC(C)(C)C)cn1.Cl. The van der Waals surface area contributed by atoms with E-state index in [1.165, 1.54) is 0 Å². The van der Waals surface area contributed by atoms with Gasteiger partial charge in [-0.05, 0) is 26.8 Å². The molecule has 0 spiro atoms. The summed E-state index contributed by atoms with van der Waals surface area (Å²) in [5.41, 5.74) is 0.843. The number of halogens is 1. The molecule has 3 N–H and O–H groups in total. The third-order valence-corrected chi connectivity index (χ3v) is 2.25. The number of aliphatic hydroxyl groups excluding tert-OH is 1. The summed E-state index contributed by atoms with van der Waals surface area (Å²) in [7, 11) is 1.82. The number of nitrogens with zero attached hydrogens (tertiary/aromatic N) is 1. The van der Waals surface area contributed by atoms with Gasteiger partial charge in [-0.3, -0.25) is 0 Å². The van der Waals surface area contributed by atoms with E-state index in [0.29, 0.717) is 6.54 Å². The van der Waals surface area contributed by atoms with Gasteiger partial charge in [0.15, 0.2) is 0 Å². The van der Waals surface area contributed by atoms with Crippen LogP contribution in [-0.4, -0.2) is 29.2 Å². The molecular formula is C12H22ClN3O. The molecule has 0 aliphatic rings. The molecular weight excluding hydrogens is 238 g/mol. The Kier molecular flexibility index (Phi) is 6.45. The van der Waals surface area contributed by atoms with Crippen molar-refractivity contribution in [2.24, 2.45) is 0 Å². The Balaban J connectivity index is 0.00000256. The molecule has 1 aromatic heterocycles. The van der Waals surface area contributed by atoms with Gasteiger partial charge in [0, 0.05) is 30.9 Å². The molecule has 0 amide bonds. The molecule has 1 unspecified atom stereocenters. The van der Waals surface area contributed by atoms with Crippen LogP contribution < -0.4 is 10.6 Å². The van der Waals surface area contributed by atoms with E-state index in [-0.39, 0.29) is 17.9 Å². The van der Waals surface area contributed by atoms with Crippen molar-refractivity contribution in [2.45, 2.75) is 32.4 Å². The number of pyridine rings is 1. The van der Waals surface area contributed by atoms with Crippen LogP contribution in [0.4, 0.5) is 5.82 Å². The first-order valence-electron chi connectivity index (χ1n) is 5.49. The molecule has 1 aromatic rings. The van der Waals surface area contributed by atoms with Gasteiger partial charge >= 0.3 is 0 Å². The Morgan fingerprint density at radius 2 is 2.00 bits per heavy atom. The van der Waals surface area contributed by atoms with Gasteiger partial charge in [0.25, 0.3) is 0 Å². The van der Waals surface area contributed by atoms with Crippen molar-refractivity contribution in [1.29, 1.82) is 0 Å². The molecule has 0 radical (unpaired) electrons. The molecule has 0 aromatic carbocycles. The van der Waals surface area contributed by atoms with Crippen LogP contribution in [0.3, 0.4) is 0 Å². The van der Waals surface area contributed by atoms with E-state index >= 15 is 0 Å². The Bertz CT molecular complexity index is 322. The maximum absolute atomic E-state index is 9.92. The third-order valence-electron chi connectivity index (χ3n) is 2.25. The van der Waals surface area contributed by atoms with Crippen LogP contribution in [0, 0.1) is 0 Å². The highest BCUT2D eigenvalue weighted by Crippen LogP contribution is 2.13. The van der Waals surface area contributed by atoms with Crippen molar-refractivity contribution in [3.63, 3.8) is 0 Å². The summed E-state index contributed by atoms with van der Waals surface area (Å²) < 4.78 is 0. The van der Waals surface area contributed by atoms with E-state index in [0.717, 1.165) is 11.4 Å². The summed E-state index contributed by atoms with van der Waals surface area (Å²) in [6.07, 6.45) is 1.18. The van der Waals surface area contributed by atoms with Crippen LogP contribution in [0.1, 0.15) is 32.4 Å². The normalized spacial score (nSPS) is 12.8. The average molecular weight is 260 g/mol. The first kappa shape index (κ1) is 16.2. The lowest BCUT2D eigenvalue weighted by Crippen LogP contribution is -2.38. The minimum absolute atomic E-state index is 0. The van der Waals surface area contributed by atoms with Gasteiger partial charge in [-0.1, -0.05) is 6.07 Å². The zero-order valence-corrected chi connectivity index (χ0v) is 11.6. The number of anilines is 1. The molecule has 1 heterocycles. The standard InChI is InChI=1S/C12H21N3O.ClH/c1-12(2,3)15-8-10(16)9-5-6-11(13-4)14-7-9;/h5-7,10,15-16H,8H2,1-4H3,(H,13,14);1H. The van der Waals surface area contributed by atoms with Gasteiger partial charge in [-0.25, -0.2) is 4.98 Å². The fraction of sp³-hybridized carbons (Fsp3) is 0.583. The number of hydrogen-bond donors (Lipinski definition) is 3. The minimum atomic E-state index is -0.516. The minimum Gasteiger partial charge on any atom is -0.387 e. The van der Waals surface area contributed by atoms with Crippen LogP contribution in [-0.2, 0) is 0 Å². The summed E-state index contributed by atoms with van der Waals surface area (Å²) in [4.78, 5) is 4.16. The van der Waals surface area contributed by atoms with Gasteiger partial charge in [0.2, 0.25) is 0 Å². The van der Waals surface area contributed by atoms with E-state index in [9.17, 15) is 5.11 Å². The largest absolute Gasteiger partial charge is 0.387 e. The van der Waals surface area contributed by atoms with E-state index in [2.05, 4.69) is 36.4 Å². The van der Waals surface area contributed by atoms with Crippen LogP contribution in [0.15, 0.2) is 18.3 Å². The van der Waals surface area contributed by atoms with Gasteiger partial charge in [-0.15, -0.1) is 12.4 Å². The summed E-state index contributed by atoms with van der Waals surface area (Å²) in [6, 6.07) is 3.74. The van der Waals surface area contributed by atoms with Crippen LogP contribution in [0.5, 0.6) is 0 Å². The molecule has 0 bridgehead atoms. The molecule has 1 atom stereocenters. The molecule has 0 fully saturated rings. The molecule has 0 saturated heterocycles. The lowest BCUT2D eigenvalue weighted by molar-refractivity contribution is 0.163. The Morgan fingerprint density at radius 1 is 1.35 bits per heavy atom. The highest BCUT2D eigenvalue weighted by Gasteiger charge is 2.13. The van der Waals surface area contributed by atoms with Crippen molar-refractivity contribution in [3.8, 4) is 0 Å². The Labute approximate surface area is 109 Å². The van der Waals surface area contributed by atoms with E-state index in [1.807, 2.05) is 19.2 Å². The number of aliphatic hydroxyl groups is 1. The van der Waals surface area contributed by atoms with Crippen molar-refractivity contribution in [2.75, 3.05) is 18.9 Å². The van der Waals surface area contributed by atoms with Gasteiger partial charge < -0.3 is 15.7 Å². The molecule has 0 aliphatic carbocycles. The summed E-state index contributed by atoms with van der Waals surface area (Å²) >= 11 is 0. The number of nitrogens with one attached hydrogen (secondary N) is 2. The summed E-state index contributed by atoms with van der Waals surface area (Å²) in [5, 5.41) is 16.1. The lowest BCUT2D eigenvalue weighted by Gasteiger charge is -2.22. The zero-order chi connectivity index (χ0) is 12.2. The maximum Gasteiger partial charge on any atom is 0.125 e. The average Bonchev–Trinajstić information content (AvgIpc) is 2.25. The third kappa shape index (κ3) is 5.86. The second kappa shape index (κ2) is 6.79. The second-order valence-electron chi connectivity index (χ2n) is 4.87. The van der Waals surface area contributed by atoms with Crippen molar-refractivity contribution in [1.82, 2.24) is 10.3 Å². The molecule has 98 valence electrons. The quantitative estimate of drug-likeness (QED) is 0.774. The smallest absolute Gasteiger partial charge is 0.125 e. The summed E-state index contributed by atoms with van der Waals surface area (Å²) in [6.45, 7) is 6.75. The number of rotatable bonds is 4. The van der Waals surface area contributed by atoms with Crippen LogP contribution in [0.2, 0.25) is 0 Å². The molecule has 17 heavy (non-hydrogen) atoms. The van der Waals surface area contributed by atoms with Crippen molar-refractivity contribution >= 4 is 18.2 Å². The fourth-order valence-corrected chi connectivity index (χ4v) is 1.27. The Hall–Kier alpha value is -0.840. The predicted octanol–water partition coefficient (Wildman–Crippen LogP) is 1.97. The van der Waals surface area contributed by atoms with Gasteiger partial charge in [0.05, 0.1) is 6.10 Å². The van der Waals surface area contributed by atoms with Gasteiger partial charge in [0.1, 0.15) is 5.82 Å². The lowest BCUT2D eigenvalue weighted by atomic mass is 10.1. The molecule has 5 heteroatoms. The van der Waals surface area contributed by atoms with Crippen LogP contribution >= 0.6 is 12.4 Å². The molecule has 1 rings (SSSR count). The second-order valence-corrected chi connectivity index (χ2v) is 4.87. The highest BCUT2D eigenvalue weighted by atomic mass is 35.5. The Morgan fingerprint density at radius 3 is 2.41 bits per heavy atom. The number of aromatic nitrogens is 1. The number of hydrogen-bond acceptors (Lipinski definition) is 4.